The van der Waals surface area contributed by atoms with Crippen molar-refractivity contribution in [1.29, 1.82) is 0 Å². The van der Waals surface area contributed by atoms with Crippen molar-refractivity contribution in [2.24, 2.45) is 0 Å². The molecular weight excluding hydrogens is 220 g/mol. The van der Waals surface area contributed by atoms with Gasteiger partial charge in [-0.2, -0.15) is 0 Å². The van der Waals surface area contributed by atoms with Gasteiger partial charge in [0.1, 0.15) is 0 Å². The van der Waals surface area contributed by atoms with Crippen LogP contribution in [0.25, 0.3) is 0 Å². The van der Waals surface area contributed by atoms with Crippen molar-refractivity contribution in [3.63, 3.8) is 0 Å². The van der Waals surface area contributed by atoms with Gasteiger partial charge in [-0.25, -0.2) is 4.79 Å². The Hall–Kier alpha value is -1.30. The summed E-state index contributed by atoms with van der Waals surface area (Å²) < 4.78 is 0. The Morgan fingerprint density at radius 3 is 1.82 bits per heavy atom. The first kappa shape index (κ1) is 12.2. The summed E-state index contributed by atoms with van der Waals surface area (Å²) in [5.74, 6) is 0.0965. The van der Waals surface area contributed by atoms with Crippen LogP contribution in [0.4, 0.5) is 4.79 Å². The number of nitrogens with zero attached hydrogens (tertiary/aromatic N) is 3. The van der Waals surface area contributed by atoms with Crippen LogP contribution < -0.4 is 5.32 Å². The van der Waals surface area contributed by atoms with Crippen LogP contribution >= 0.6 is 0 Å². The molecule has 2 saturated heterocycles. The predicted octanol–water partition coefficient (Wildman–Crippen LogP) is -0.824. The van der Waals surface area contributed by atoms with E-state index in [0.717, 1.165) is 26.2 Å². The van der Waals surface area contributed by atoms with Gasteiger partial charge in [0.05, 0.1) is 0 Å². The molecule has 3 amide bonds. The lowest BCUT2D eigenvalue weighted by atomic mass is 10.3. The highest BCUT2D eigenvalue weighted by molar-refractivity contribution is 5.76. The summed E-state index contributed by atoms with van der Waals surface area (Å²) in [6, 6.07) is 0.120. The largest absolute Gasteiger partial charge is 0.339 e. The number of urea groups is 1. The van der Waals surface area contributed by atoms with Crippen LogP contribution in [0, 0.1) is 0 Å². The Labute approximate surface area is 102 Å². The Morgan fingerprint density at radius 1 is 0.824 bits per heavy atom. The summed E-state index contributed by atoms with van der Waals surface area (Å²) in [6.45, 7) is 7.52. The second-order valence-electron chi connectivity index (χ2n) is 4.51. The average Bonchev–Trinajstić information content (AvgIpc) is 2.39. The Kier molecular flexibility index (Phi) is 3.83. The van der Waals surface area contributed by atoms with Crippen molar-refractivity contribution in [3.8, 4) is 0 Å². The normalized spacial score (nSPS) is 21.6. The van der Waals surface area contributed by atoms with Gasteiger partial charge in [0, 0.05) is 59.3 Å². The molecule has 6 heteroatoms. The van der Waals surface area contributed by atoms with Gasteiger partial charge in [0.15, 0.2) is 0 Å². The van der Waals surface area contributed by atoms with Crippen LogP contribution in [0.5, 0.6) is 0 Å². The van der Waals surface area contributed by atoms with Gasteiger partial charge in [0.2, 0.25) is 5.91 Å². The van der Waals surface area contributed by atoms with E-state index in [1.165, 1.54) is 0 Å². The van der Waals surface area contributed by atoms with E-state index in [9.17, 15) is 9.59 Å². The van der Waals surface area contributed by atoms with Crippen molar-refractivity contribution in [2.45, 2.75) is 6.92 Å². The fourth-order valence-electron chi connectivity index (χ4n) is 2.27. The topological polar surface area (TPSA) is 55.9 Å². The number of piperazine rings is 2. The van der Waals surface area contributed by atoms with E-state index in [1.54, 1.807) is 11.8 Å². The maximum absolute atomic E-state index is 12.2. The first-order valence-corrected chi connectivity index (χ1v) is 6.18. The summed E-state index contributed by atoms with van der Waals surface area (Å²) in [7, 11) is 0. The zero-order valence-corrected chi connectivity index (χ0v) is 10.3. The standard InChI is InChI=1S/C11H20N4O2/c1-10(16)13-6-8-15(9-7-13)11(17)14-4-2-12-3-5-14/h12H,2-9H2,1H3. The monoisotopic (exact) mass is 240 g/mol. The highest BCUT2D eigenvalue weighted by atomic mass is 16.2. The quantitative estimate of drug-likeness (QED) is 0.601. The zero-order valence-electron chi connectivity index (χ0n) is 10.3. The van der Waals surface area contributed by atoms with Gasteiger partial charge in [0.25, 0.3) is 0 Å². The van der Waals surface area contributed by atoms with Crippen LogP contribution in [0.1, 0.15) is 6.92 Å². The Morgan fingerprint density at radius 2 is 1.29 bits per heavy atom. The average molecular weight is 240 g/mol. The number of amides is 3. The van der Waals surface area contributed by atoms with E-state index < -0.39 is 0 Å². The van der Waals surface area contributed by atoms with E-state index in [1.807, 2.05) is 9.80 Å². The molecule has 0 aromatic heterocycles. The molecule has 0 aliphatic carbocycles. The highest BCUT2D eigenvalue weighted by Gasteiger charge is 2.26. The molecule has 0 unspecified atom stereocenters. The third kappa shape index (κ3) is 2.88. The lowest BCUT2D eigenvalue weighted by Crippen LogP contribution is -2.56. The SMILES string of the molecule is CC(=O)N1CCN(C(=O)N2CCNCC2)CC1. The van der Waals surface area contributed by atoms with Gasteiger partial charge >= 0.3 is 6.03 Å². The van der Waals surface area contributed by atoms with Gasteiger partial charge in [-0.15, -0.1) is 0 Å². The summed E-state index contributed by atoms with van der Waals surface area (Å²) in [4.78, 5) is 28.9. The van der Waals surface area contributed by atoms with Crippen molar-refractivity contribution in [1.82, 2.24) is 20.0 Å². The first-order valence-electron chi connectivity index (χ1n) is 6.18. The number of carbonyl (C=O) groups excluding carboxylic acids is 2. The summed E-state index contributed by atoms with van der Waals surface area (Å²) in [6.07, 6.45) is 0. The minimum atomic E-state index is 0.0965. The van der Waals surface area contributed by atoms with Gasteiger partial charge < -0.3 is 20.0 Å². The molecule has 0 bridgehead atoms. The molecule has 1 N–H and O–H groups in total. The van der Waals surface area contributed by atoms with Crippen LogP contribution in [-0.4, -0.2) is 79.0 Å². The van der Waals surface area contributed by atoms with E-state index in [0.29, 0.717) is 26.2 Å². The maximum atomic E-state index is 12.2. The molecule has 0 saturated carbocycles. The molecule has 0 radical (unpaired) electrons. The first-order chi connectivity index (χ1) is 8.18. The second-order valence-corrected chi connectivity index (χ2v) is 4.51. The van der Waals surface area contributed by atoms with Crippen LogP contribution in [0.3, 0.4) is 0 Å². The minimum absolute atomic E-state index is 0.0965. The van der Waals surface area contributed by atoms with Crippen molar-refractivity contribution >= 4 is 11.9 Å². The number of rotatable bonds is 0. The molecule has 2 aliphatic rings. The van der Waals surface area contributed by atoms with Gasteiger partial charge in [-0.3, -0.25) is 4.79 Å². The third-order valence-electron chi connectivity index (χ3n) is 3.38. The van der Waals surface area contributed by atoms with E-state index in [2.05, 4.69) is 5.32 Å². The summed E-state index contributed by atoms with van der Waals surface area (Å²) >= 11 is 0. The van der Waals surface area contributed by atoms with E-state index >= 15 is 0 Å². The molecular formula is C11H20N4O2. The molecule has 2 fully saturated rings. The molecule has 6 nitrogen and oxygen atoms in total. The summed E-state index contributed by atoms with van der Waals surface area (Å²) in [5, 5.41) is 3.23. The minimum Gasteiger partial charge on any atom is -0.339 e. The second kappa shape index (κ2) is 5.35. The maximum Gasteiger partial charge on any atom is 0.320 e. The molecule has 96 valence electrons. The fourth-order valence-corrected chi connectivity index (χ4v) is 2.27. The molecule has 0 spiro atoms. The molecule has 0 aromatic rings. The van der Waals surface area contributed by atoms with E-state index in [4.69, 9.17) is 0 Å². The lowest BCUT2D eigenvalue weighted by Gasteiger charge is -2.38. The molecule has 0 aromatic carbocycles. The highest BCUT2D eigenvalue weighted by Crippen LogP contribution is 2.06. The van der Waals surface area contributed by atoms with Crippen molar-refractivity contribution in [2.75, 3.05) is 52.4 Å². The third-order valence-corrected chi connectivity index (χ3v) is 3.38. The Bertz CT molecular complexity index is 294. The van der Waals surface area contributed by atoms with Gasteiger partial charge in [-0.1, -0.05) is 0 Å². The zero-order chi connectivity index (χ0) is 12.3. The fraction of sp³-hybridized carbons (Fsp3) is 0.818. The van der Waals surface area contributed by atoms with Crippen LogP contribution in [0.2, 0.25) is 0 Å². The smallest absolute Gasteiger partial charge is 0.320 e. The van der Waals surface area contributed by atoms with E-state index in [-0.39, 0.29) is 11.9 Å². The van der Waals surface area contributed by atoms with Crippen molar-refractivity contribution in [3.05, 3.63) is 0 Å². The molecule has 2 heterocycles. The summed E-state index contributed by atoms with van der Waals surface area (Å²) in [5.41, 5.74) is 0. The Balaban J connectivity index is 1.83. The number of carbonyl (C=O) groups is 2. The number of hydrogen-bond acceptors (Lipinski definition) is 3. The van der Waals surface area contributed by atoms with Crippen LogP contribution in [0.15, 0.2) is 0 Å². The molecule has 2 aliphatic heterocycles. The molecule has 17 heavy (non-hydrogen) atoms. The predicted molar refractivity (Wildman–Crippen MR) is 63.7 cm³/mol. The van der Waals surface area contributed by atoms with Crippen LogP contribution in [-0.2, 0) is 4.79 Å². The molecule has 2 rings (SSSR count). The number of hydrogen-bond donors (Lipinski definition) is 1. The number of nitrogens with one attached hydrogen (secondary N) is 1. The lowest BCUT2D eigenvalue weighted by molar-refractivity contribution is -0.130. The molecule has 0 atom stereocenters. The van der Waals surface area contributed by atoms with Crippen molar-refractivity contribution < 1.29 is 9.59 Å². The van der Waals surface area contributed by atoms with Gasteiger partial charge in [-0.05, 0) is 0 Å².